The first-order valence-corrected chi connectivity index (χ1v) is 8.54. The van der Waals surface area contributed by atoms with E-state index in [1.807, 2.05) is 18.7 Å². The van der Waals surface area contributed by atoms with Crippen molar-refractivity contribution in [3.63, 3.8) is 0 Å². The second-order valence-corrected chi connectivity index (χ2v) is 6.65. The highest BCUT2D eigenvalue weighted by Gasteiger charge is 2.29. The van der Waals surface area contributed by atoms with Gasteiger partial charge in [0.1, 0.15) is 5.76 Å². The van der Waals surface area contributed by atoms with Crippen molar-refractivity contribution < 1.29 is 9.21 Å². The average Bonchev–Trinajstić information content (AvgIpc) is 3.10. The lowest BCUT2D eigenvalue weighted by Crippen LogP contribution is -2.53. The molecular formula is C14H22N4O2S. The zero-order valence-corrected chi connectivity index (χ0v) is 13.4. The van der Waals surface area contributed by atoms with Crippen LogP contribution < -0.4 is 5.32 Å². The first kappa shape index (κ1) is 14.9. The number of oxazole rings is 1. The third-order valence-electron chi connectivity index (χ3n) is 4.13. The van der Waals surface area contributed by atoms with Crippen LogP contribution in [-0.2, 0) is 11.3 Å². The van der Waals surface area contributed by atoms with Crippen LogP contribution in [0.5, 0.6) is 0 Å². The van der Waals surface area contributed by atoms with Gasteiger partial charge in [0, 0.05) is 37.8 Å². The smallest absolute Gasteiger partial charge is 0.240 e. The van der Waals surface area contributed by atoms with E-state index in [4.69, 9.17) is 4.42 Å². The number of aromatic nitrogens is 1. The summed E-state index contributed by atoms with van der Waals surface area (Å²) in [7, 11) is 0. The highest BCUT2D eigenvalue weighted by Crippen LogP contribution is 2.15. The van der Waals surface area contributed by atoms with Gasteiger partial charge in [-0.3, -0.25) is 15.0 Å². The van der Waals surface area contributed by atoms with Crippen LogP contribution in [0.25, 0.3) is 0 Å². The molecule has 7 heteroatoms. The standard InChI is InChI=1S/C14H22N4O2S/c1-10-11(2)20-13(16-10)7-17-3-5-18(6-4-17)14(19)12-8-21-9-15-12/h12,15H,3-9H2,1-2H3/t12-/m1/s1. The van der Waals surface area contributed by atoms with Crippen LogP contribution in [0.4, 0.5) is 0 Å². The third-order valence-corrected chi connectivity index (χ3v) is 5.07. The van der Waals surface area contributed by atoms with Crippen molar-refractivity contribution in [2.45, 2.75) is 26.4 Å². The molecule has 0 aliphatic carbocycles. The molecule has 0 unspecified atom stereocenters. The summed E-state index contributed by atoms with van der Waals surface area (Å²) in [6.45, 7) is 7.98. The van der Waals surface area contributed by atoms with Gasteiger partial charge in [-0.25, -0.2) is 4.98 Å². The lowest BCUT2D eigenvalue weighted by Gasteiger charge is -2.35. The number of carbonyl (C=O) groups is 1. The van der Waals surface area contributed by atoms with Crippen LogP contribution in [0.3, 0.4) is 0 Å². The largest absolute Gasteiger partial charge is 0.444 e. The molecule has 21 heavy (non-hydrogen) atoms. The van der Waals surface area contributed by atoms with E-state index in [-0.39, 0.29) is 11.9 Å². The van der Waals surface area contributed by atoms with E-state index in [9.17, 15) is 4.79 Å². The van der Waals surface area contributed by atoms with E-state index < -0.39 is 0 Å². The second kappa shape index (κ2) is 6.37. The number of rotatable bonds is 3. The van der Waals surface area contributed by atoms with E-state index in [1.54, 1.807) is 11.8 Å². The van der Waals surface area contributed by atoms with E-state index in [1.165, 1.54) is 0 Å². The Kier molecular flexibility index (Phi) is 4.51. The van der Waals surface area contributed by atoms with Gasteiger partial charge in [0.25, 0.3) is 0 Å². The second-order valence-electron chi connectivity index (χ2n) is 5.62. The van der Waals surface area contributed by atoms with Crippen LogP contribution in [-0.4, -0.2) is 64.5 Å². The van der Waals surface area contributed by atoms with Gasteiger partial charge in [-0.2, -0.15) is 0 Å². The Hall–Kier alpha value is -1.05. The Morgan fingerprint density at radius 1 is 1.38 bits per heavy atom. The highest BCUT2D eigenvalue weighted by atomic mass is 32.2. The Labute approximate surface area is 129 Å². The summed E-state index contributed by atoms with van der Waals surface area (Å²) < 4.78 is 5.63. The number of carbonyl (C=O) groups excluding carboxylic acids is 1. The Bertz CT molecular complexity index is 486. The molecule has 1 atom stereocenters. The molecule has 3 heterocycles. The molecular weight excluding hydrogens is 288 g/mol. The topological polar surface area (TPSA) is 61.6 Å². The predicted octanol–water partition coefficient (Wildman–Crippen LogP) is 0.598. The first-order valence-electron chi connectivity index (χ1n) is 7.38. The van der Waals surface area contributed by atoms with Gasteiger partial charge in [0.05, 0.1) is 18.3 Å². The van der Waals surface area contributed by atoms with Gasteiger partial charge < -0.3 is 9.32 Å². The number of hydrogen-bond donors (Lipinski definition) is 1. The minimum absolute atomic E-state index is 0.0126. The van der Waals surface area contributed by atoms with Gasteiger partial charge in [-0.1, -0.05) is 0 Å². The van der Waals surface area contributed by atoms with Crippen molar-refractivity contribution in [3.8, 4) is 0 Å². The Morgan fingerprint density at radius 2 is 2.14 bits per heavy atom. The molecule has 3 rings (SSSR count). The highest BCUT2D eigenvalue weighted by molar-refractivity contribution is 7.99. The summed E-state index contributed by atoms with van der Waals surface area (Å²) in [5.74, 6) is 3.71. The summed E-state index contributed by atoms with van der Waals surface area (Å²) in [5.41, 5.74) is 0.962. The lowest BCUT2D eigenvalue weighted by atomic mass is 10.2. The number of thioether (sulfide) groups is 1. The molecule has 1 aromatic rings. The molecule has 1 N–H and O–H groups in total. The zero-order valence-electron chi connectivity index (χ0n) is 12.6. The molecule has 0 radical (unpaired) electrons. The maximum atomic E-state index is 12.3. The van der Waals surface area contributed by atoms with Gasteiger partial charge in [-0.15, -0.1) is 11.8 Å². The molecule has 1 aromatic heterocycles. The maximum Gasteiger partial charge on any atom is 0.240 e. The van der Waals surface area contributed by atoms with Crippen LogP contribution in [0.15, 0.2) is 4.42 Å². The minimum atomic E-state index is 0.0126. The number of amides is 1. The Balaban J connectivity index is 1.49. The molecule has 0 bridgehead atoms. The Morgan fingerprint density at radius 3 is 2.71 bits per heavy atom. The number of aryl methyl sites for hydroxylation is 2. The normalized spacial score (nSPS) is 23.7. The number of piperazine rings is 1. The molecule has 0 aromatic carbocycles. The SMILES string of the molecule is Cc1nc(CN2CCN(C(=O)[C@H]3CSCN3)CC2)oc1C. The molecule has 0 saturated carbocycles. The van der Waals surface area contributed by atoms with Crippen molar-refractivity contribution >= 4 is 17.7 Å². The van der Waals surface area contributed by atoms with Gasteiger partial charge in [0.15, 0.2) is 0 Å². The van der Waals surface area contributed by atoms with Gasteiger partial charge >= 0.3 is 0 Å². The number of nitrogens with zero attached hydrogens (tertiary/aromatic N) is 3. The lowest BCUT2D eigenvalue weighted by molar-refractivity contribution is -0.134. The molecule has 6 nitrogen and oxygen atoms in total. The van der Waals surface area contributed by atoms with Crippen molar-refractivity contribution in [1.29, 1.82) is 0 Å². The summed E-state index contributed by atoms with van der Waals surface area (Å²) in [6, 6.07) is 0.0126. The van der Waals surface area contributed by atoms with Crippen molar-refractivity contribution in [2.24, 2.45) is 0 Å². The van der Waals surface area contributed by atoms with Gasteiger partial charge in [0.2, 0.25) is 11.8 Å². The van der Waals surface area contributed by atoms with Gasteiger partial charge in [-0.05, 0) is 13.8 Å². The van der Waals surface area contributed by atoms with E-state index in [2.05, 4.69) is 15.2 Å². The molecule has 2 aliphatic heterocycles. The van der Waals surface area contributed by atoms with Crippen LogP contribution in [0.2, 0.25) is 0 Å². The summed E-state index contributed by atoms with van der Waals surface area (Å²) in [6.07, 6.45) is 0. The summed E-state index contributed by atoms with van der Waals surface area (Å²) >= 11 is 1.79. The first-order chi connectivity index (χ1) is 10.1. The number of nitrogens with one attached hydrogen (secondary N) is 1. The fraction of sp³-hybridized carbons (Fsp3) is 0.714. The van der Waals surface area contributed by atoms with E-state index in [0.29, 0.717) is 0 Å². The molecule has 1 amide bonds. The molecule has 0 spiro atoms. The van der Waals surface area contributed by atoms with Crippen LogP contribution in [0.1, 0.15) is 17.3 Å². The van der Waals surface area contributed by atoms with Crippen LogP contribution in [0, 0.1) is 13.8 Å². The molecule has 2 saturated heterocycles. The van der Waals surface area contributed by atoms with Crippen molar-refractivity contribution in [1.82, 2.24) is 20.1 Å². The quantitative estimate of drug-likeness (QED) is 0.882. The monoisotopic (exact) mass is 310 g/mol. The van der Waals surface area contributed by atoms with Crippen molar-refractivity contribution in [3.05, 3.63) is 17.3 Å². The number of hydrogen-bond acceptors (Lipinski definition) is 6. The fourth-order valence-corrected chi connectivity index (χ4v) is 3.63. The third kappa shape index (κ3) is 3.41. The molecule has 2 aliphatic rings. The maximum absolute atomic E-state index is 12.3. The van der Waals surface area contributed by atoms with E-state index in [0.717, 1.165) is 61.7 Å². The van der Waals surface area contributed by atoms with Crippen molar-refractivity contribution in [2.75, 3.05) is 37.8 Å². The summed E-state index contributed by atoms with van der Waals surface area (Å²) in [4.78, 5) is 21.0. The van der Waals surface area contributed by atoms with E-state index >= 15 is 0 Å². The fourth-order valence-electron chi connectivity index (χ4n) is 2.70. The average molecular weight is 310 g/mol. The van der Waals surface area contributed by atoms with Crippen LogP contribution >= 0.6 is 11.8 Å². The predicted molar refractivity (Wildman–Crippen MR) is 82.1 cm³/mol. The molecule has 2 fully saturated rings. The minimum Gasteiger partial charge on any atom is -0.444 e. The zero-order chi connectivity index (χ0) is 14.8. The molecule has 116 valence electrons. The summed E-state index contributed by atoms with van der Waals surface area (Å²) in [5, 5.41) is 3.25.